The molecule has 0 atom stereocenters. The molecule has 0 aliphatic heterocycles. The van der Waals surface area contributed by atoms with E-state index in [1.807, 2.05) is 0 Å². The standard InChI is InChI=1S/C18H15P.C13H9.CH3.Ni/c1-4-10-16(11-5-1)19(17-12-6-2-7-13-17)18-14-8-3-9-15-18;1-3-7-12-10(5-1)9-11-6-2-4-8-13(11)12;;/h1-15H;1-9H;1H3;/q;2*-1;+2. The van der Waals surface area contributed by atoms with Crippen molar-refractivity contribution in [2.24, 2.45) is 0 Å². The molecule has 0 bridgehead atoms. The van der Waals surface area contributed by atoms with E-state index in [0.29, 0.717) is 0 Å². The van der Waals surface area contributed by atoms with Crippen molar-refractivity contribution in [3.8, 4) is 0 Å². The van der Waals surface area contributed by atoms with Gasteiger partial charge in [0.1, 0.15) is 0 Å². The van der Waals surface area contributed by atoms with Crippen molar-refractivity contribution < 1.29 is 16.5 Å². The molecule has 0 spiro atoms. The molecule has 170 valence electrons. The van der Waals surface area contributed by atoms with Gasteiger partial charge < -0.3 is 7.43 Å². The fraction of sp³-hybridized carbons (Fsp3) is 0. The Morgan fingerprint density at radius 3 is 1.03 bits per heavy atom. The molecule has 0 saturated heterocycles. The molecule has 6 aromatic carbocycles. The maximum atomic E-state index is 2.24. The summed E-state index contributed by atoms with van der Waals surface area (Å²) in [5.74, 6) is 0. The number of hydrogen-bond acceptors (Lipinski definition) is 0. The Morgan fingerprint density at radius 1 is 0.382 bits per heavy atom. The first-order valence-corrected chi connectivity index (χ1v) is 12.2. The van der Waals surface area contributed by atoms with Gasteiger partial charge in [0, 0.05) is 0 Å². The summed E-state index contributed by atoms with van der Waals surface area (Å²) in [6, 6.07) is 51.6. The van der Waals surface area contributed by atoms with Gasteiger partial charge in [0.15, 0.2) is 0 Å². The number of rotatable bonds is 3. The minimum absolute atomic E-state index is 0. The second-order valence-corrected chi connectivity index (χ2v) is 9.88. The van der Waals surface area contributed by atoms with Gasteiger partial charge in [-0.1, -0.05) is 127 Å². The van der Waals surface area contributed by atoms with Crippen LogP contribution < -0.4 is 15.9 Å². The van der Waals surface area contributed by atoms with Crippen LogP contribution in [-0.2, 0) is 16.5 Å². The monoisotopic (exact) mass is 500 g/mol. The molecular weight excluding hydrogens is 474 g/mol. The summed E-state index contributed by atoms with van der Waals surface area (Å²) in [6.45, 7) is 0. The predicted octanol–water partition coefficient (Wildman–Crippen LogP) is 7.60. The summed E-state index contributed by atoms with van der Waals surface area (Å²) >= 11 is 0. The average molecular weight is 501 g/mol. The van der Waals surface area contributed by atoms with E-state index in [-0.39, 0.29) is 23.9 Å². The van der Waals surface area contributed by atoms with Gasteiger partial charge >= 0.3 is 16.5 Å². The van der Waals surface area contributed by atoms with E-state index in [1.165, 1.54) is 37.5 Å². The Balaban J connectivity index is 0.000000190. The number of fused-ring (bicyclic) bond motifs is 3. The van der Waals surface area contributed by atoms with Gasteiger partial charge in [-0.25, -0.2) is 0 Å². The first-order chi connectivity index (χ1) is 15.9. The van der Waals surface area contributed by atoms with E-state index in [4.69, 9.17) is 0 Å². The zero-order valence-corrected chi connectivity index (χ0v) is 21.0. The van der Waals surface area contributed by atoms with Crippen molar-refractivity contribution in [1.29, 1.82) is 0 Å². The third kappa shape index (κ3) is 5.68. The molecule has 0 heterocycles. The van der Waals surface area contributed by atoms with Crippen molar-refractivity contribution in [2.75, 3.05) is 0 Å². The van der Waals surface area contributed by atoms with Crippen molar-refractivity contribution in [3.63, 3.8) is 0 Å². The first kappa shape index (κ1) is 25.5. The van der Waals surface area contributed by atoms with Crippen LogP contribution in [0.5, 0.6) is 0 Å². The van der Waals surface area contributed by atoms with Gasteiger partial charge in [-0.15, -0.1) is 39.7 Å². The van der Waals surface area contributed by atoms with E-state index in [1.54, 1.807) is 0 Å². The van der Waals surface area contributed by atoms with Crippen molar-refractivity contribution in [1.82, 2.24) is 0 Å². The van der Waals surface area contributed by atoms with E-state index >= 15 is 0 Å². The zero-order chi connectivity index (χ0) is 21.6. The van der Waals surface area contributed by atoms with E-state index in [9.17, 15) is 0 Å². The molecule has 0 aliphatic rings. The van der Waals surface area contributed by atoms with Crippen LogP contribution in [0, 0.1) is 7.43 Å². The van der Waals surface area contributed by atoms with Crippen LogP contribution in [0.2, 0.25) is 0 Å². The molecule has 0 aromatic heterocycles. The summed E-state index contributed by atoms with van der Waals surface area (Å²) in [7, 11) is -0.446. The van der Waals surface area contributed by atoms with Crippen molar-refractivity contribution in [2.45, 2.75) is 0 Å². The van der Waals surface area contributed by atoms with Crippen LogP contribution in [0.4, 0.5) is 0 Å². The van der Waals surface area contributed by atoms with Crippen LogP contribution >= 0.6 is 7.92 Å². The molecule has 0 aliphatic carbocycles. The van der Waals surface area contributed by atoms with Crippen LogP contribution in [0.1, 0.15) is 0 Å². The summed E-state index contributed by atoms with van der Waals surface area (Å²) in [6.07, 6.45) is 0. The van der Waals surface area contributed by atoms with Crippen molar-refractivity contribution in [3.05, 3.63) is 153 Å². The van der Waals surface area contributed by atoms with Gasteiger partial charge in [0.05, 0.1) is 0 Å². The Bertz CT molecular complexity index is 1260. The predicted molar refractivity (Wildman–Crippen MR) is 149 cm³/mol. The summed E-state index contributed by atoms with van der Waals surface area (Å²) in [5, 5.41) is 9.59. The summed E-state index contributed by atoms with van der Waals surface area (Å²) in [5.41, 5.74) is 0. The number of hydrogen-bond donors (Lipinski definition) is 0. The molecule has 6 aromatic rings. The Morgan fingerprint density at radius 2 is 0.676 bits per heavy atom. The van der Waals surface area contributed by atoms with E-state index in [2.05, 4.69) is 146 Å². The Kier molecular flexibility index (Phi) is 9.29. The minimum Gasteiger partial charge on any atom is -0.358 e. The molecule has 6 rings (SSSR count). The molecule has 0 fully saturated rings. The third-order valence-electron chi connectivity index (χ3n) is 5.57. The van der Waals surface area contributed by atoms with Gasteiger partial charge in [0.25, 0.3) is 0 Å². The van der Waals surface area contributed by atoms with Crippen LogP contribution in [0.3, 0.4) is 0 Å². The first-order valence-electron chi connectivity index (χ1n) is 10.9. The molecule has 34 heavy (non-hydrogen) atoms. The second-order valence-electron chi connectivity index (χ2n) is 7.66. The quantitative estimate of drug-likeness (QED) is 0.133. The maximum absolute atomic E-state index is 2.24. The topological polar surface area (TPSA) is 0 Å². The molecule has 0 saturated carbocycles. The largest absolute Gasteiger partial charge is 2.00 e. The fourth-order valence-corrected chi connectivity index (χ4v) is 6.39. The minimum atomic E-state index is -0.446. The van der Waals surface area contributed by atoms with Gasteiger partial charge in [0.2, 0.25) is 0 Å². The summed E-state index contributed by atoms with van der Waals surface area (Å²) in [4.78, 5) is 0. The van der Waals surface area contributed by atoms with Gasteiger partial charge in [-0.3, -0.25) is 0 Å². The van der Waals surface area contributed by atoms with Crippen LogP contribution in [0.15, 0.2) is 146 Å². The molecule has 0 amide bonds. The average Bonchev–Trinajstić information content (AvgIpc) is 3.26. The molecule has 0 nitrogen and oxygen atoms in total. The smallest absolute Gasteiger partial charge is 0.358 e. The molecule has 0 unspecified atom stereocenters. The Hall–Kier alpha value is -3.11. The summed E-state index contributed by atoms with van der Waals surface area (Å²) < 4.78 is 0. The van der Waals surface area contributed by atoms with Gasteiger partial charge in [-0.2, -0.15) is 0 Å². The fourth-order valence-electron chi connectivity index (χ4n) is 4.08. The normalized spacial score (nSPS) is 10.1. The maximum Gasteiger partial charge on any atom is 2.00 e. The molecule has 0 N–H and O–H groups in total. The third-order valence-corrected chi connectivity index (χ3v) is 8.01. The van der Waals surface area contributed by atoms with Crippen LogP contribution in [-0.4, -0.2) is 0 Å². The van der Waals surface area contributed by atoms with E-state index < -0.39 is 7.92 Å². The van der Waals surface area contributed by atoms with Crippen LogP contribution in [0.25, 0.3) is 21.5 Å². The number of benzene rings is 5. The SMILES string of the molecule is [CH3-].[Ni+2].c1ccc(P(c2ccccc2)c2ccccc2)cc1.c1ccc2c(c1)[cH-]c1ccccc12. The molecule has 2 heteroatoms. The zero-order valence-electron chi connectivity index (χ0n) is 19.1. The molecular formula is C32H27NiP. The molecule has 0 radical (unpaired) electrons. The Labute approximate surface area is 214 Å². The van der Waals surface area contributed by atoms with Gasteiger partial charge in [-0.05, 0) is 23.8 Å². The van der Waals surface area contributed by atoms with Crippen molar-refractivity contribution >= 4 is 45.4 Å². The second kappa shape index (κ2) is 12.4. The van der Waals surface area contributed by atoms with E-state index in [0.717, 1.165) is 0 Å².